The van der Waals surface area contributed by atoms with Gasteiger partial charge in [-0.1, -0.05) is 25.5 Å². The van der Waals surface area contributed by atoms with Gasteiger partial charge in [-0.05, 0) is 61.5 Å². The van der Waals surface area contributed by atoms with Crippen molar-refractivity contribution in [1.29, 1.82) is 0 Å². The van der Waals surface area contributed by atoms with Crippen LogP contribution in [0.15, 0.2) is 23.8 Å². The Hall–Kier alpha value is -1.26. The Kier molecular flexibility index (Phi) is 3.86. The van der Waals surface area contributed by atoms with E-state index in [2.05, 4.69) is 13.8 Å². The Labute approximate surface area is 149 Å². The highest BCUT2D eigenvalue weighted by molar-refractivity contribution is 6.01. The second kappa shape index (κ2) is 5.62. The van der Waals surface area contributed by atoms with Crippen LogP contribution < -0.4 is 0 Å². The van der Waals surface area contributed by atoms with Gasteiger partial charge in [-0.2, -0.15) is 0 Å². The summed E-state index contributed by atoms with van der Waals surface area (Å²) in [7, 11) is 0. The van der Waals surface area contributed by atoms with Gasteiger partial charge in [-0.25, -0.2) is 0 Å². The van der Waals surface area contributed by atoms with Crippen LogP contribution in [-0.2, 0) is 9.59 Å². The fourth-order valence-electron chi connectivity index (χ4n) is 6.96. The van der Waals surface area contributed by atoms with Crippen molar-refractivity contribution in [1.82, 2.24) is 0 Å². The molecular weight excluding hydrogens is 316 g/mol. The first-order valence-electron chi connectivity index (χ1n) is 9.57. The van der Waals surface area contributed by atoms with Gasteiger partial charge < -0.3 is 10.2 Å². The molecule has 0 bridgehead atoms. The average Bonchev–Trinajstić information content (AvgIpc) is 2.91. The lowest BCUT2D eigenvalue weighted by Crippen LogP contribution is -2.56. The summed E-state index contributed by atoms with van der Waals surface area (Å²) >= 11 is 0. The summed E-state index contributed by atoms with van der Waals surface area (Å²) in [6.45, 7) is 3.92. The molecule has 136 valence electrons. The number of carbonyl (C=O) groups is 2. The molecule has 7 atom stereocenters. The van der Waals surface area contributed by atoms with Gasteiger partial charge in [0.1, 0.15) is 6.61 Å². The number of allylic oxidation sites excluding steroid dienone is 4. The lowest BCUT2D eigenvalue weighted by atomic mass is 9.46. The molecule has 4 nitrogen and oxygen atoms in total. The van der Waals surface area contributed by atoms with Crippen molar-refractivity contribution in [3.05, 3.63) is 23.8 Å². The normalized spacial score (nSPS) is 48.4. The van der Waals surface area contributed by atoms with Crippen molar-refractivity contribution in [3.63, 3.8) is 0 Å². The van der Waals surface area contributed by atoms with Crippen molar-refractivity contribution < 1.29 is 19.8 Å². The minimum atomic E-state index is -0.482. The third kappa shape index (κ3) is 2.26. The third-order valence-electron chi connectivity index (χ3n) is 8.04. The summed E-state index contributed by atoms with van der Waals surface area (Å²) in [5.41, 5.74) is 0.688. The molecule has 3 saturated carbocycles. The smallest absolute Gasteiger partial charge is 0.178 e. The highest BCUT2D eigenvalue weighted by atomic mass is 16.3. The van der Waals surface area contributed by atoms with Crippen molar-refractivity contribution in [2.24, 2.45) is 34.5 Å². The van der Waals surface area contributed by atoms with Gasteiger partial charge in [0.15, 0.2) is 11.6 Å². The van der Waals surface area contributed by atoms with E-state index in [0.29, 0.717) is 18.3 Å². The molecule has 0 aliphatic heterocycles. The molecule has 4 rings (SSSR count). The van der Waals surface area contributed by atoms with E-state index < -0.39 is 12.7 Å². The monoisotopic (exact) mass is 344 g/mol. The molecule has 4 aliphatic rings. The van der Waals surface area contributed by atoms with E-state index in [9.17, 15) is 19.8 Å². The zero-order valence-electron chi connectivity index (χ0n) is 15.1. The first kappa shape index (κ1) is 17.2. The Bertz CT molecular complexity index is 677. The van der Waals surface area contributed by atoms with Crippen LogP contribution in [0.3, 0.4) is 0 Å². The fraction of sp³-hybridized carbons (Fsp3) is 0.714. The number of Topliss-reactive ketones (excluding diaryl/α,β-unsaturated/α-hetero) is 1. The fourth-order valence-corrected chi connectivity index (χ4v) is 6.96. The topological polar surface area (TPSA) is 74.6 Å². The van der Waals surface area contributed by atoms with Crippen molar-refractivity contribution in [2.75, 3.05) is 6.61 Å². The zero-order valence-corrected chi connectivity index (χ0v) is 15.1. The van der Waals surface area contributed by atoms with Gasteiger partial charge in [0.2, 0.25) is 0 Å². The number of hydrogen-bond donors (Lipinski definition) is 2. The molecule has 0 spiro atoms. The Balaban J connectivity index is 1.71. The predicted octanol–water partition coefficient (Wildman–Crippen LogP) is 2.44. The number of carbonyl (C=O) groups excluding carboxylic acids is 2. The molecule has 0 aromatic rings. The second-order valence-corrected chi connectivity index (χ2v) is 9.05. The van der Waals surface area contributed by atoms with Crippen molar-refractivity contribution in [3.8, 4) is 0 Å². The molecule has 2 N–H and O–H groups in total. The lowest BCUT2D eigenvalue weighted by molar-refractivity contribution is -0.141. The van der Waals surface area contributed by atoms with Gasteiger partial charge in [0.25, 0.3) is 0 Å². The van der Waals surface area contributed by atoms with Gasteiger partial charge >= 0.3 is 0 Å². The van der Waals surface area contributed by atoms with Gasteiger partial charge in [-0.3, -0.25) is 9.59 Å². The Morgan fingerprint density at radius 2 is 2.04 bits per heavy atom. The summed E-state index contributed by atoms with van der Waals surface area (Å²) < 4.78 is 0. The molecule has 4 heteroatoms. The van der Waals surface area contributed by atoms with Crippen LogP contribution >= 0.6 is 0 Å². The lowest BCUT2D eigenvalue weighted by Gasteiger charge is -2.58. The highest BCUT2D eigenvalue weighted by Gasteiger charge is 2.62. The van der Waals surface area contributed by atoms with Crippen LogP contribution in [0.2, 0.25) is 0 Å². The summed E-state index contributed by atoms with van der Waals surface area (Å²) in [5, 5.41) is 20.5. The standard InChI is InChI=1S/C21H28O4/c1-20-8-7-13(23)9-12(20)3-4-14-15-5-6-16(18(25)11-22)21(15,2)10-17(24)19(14)20/h7-9,14-17,19,22,24H,3-6,10-11H2,1-2H3/t14-,15-,16+,17+,19+,20-,21+/m0/s1. The van der Waals surface area contributed by atoms with Crippen molar-refractivity contribution >= 4 is 11.6 Å². The van der Waals surface area contributed by atoms with Crippen LogP contribution in [-0.4, -0.2) is 34.5 Å². The van der Waals surface area contributed by atoms with E-state index in [1.165, 1.54) is 0 Å². The second-order valence-electron chi connectivity index (χ2n) is 9.05. The Morgan fingerprint density at radius 3 is 2.76 bits per heavy atom. The van der Waals surface area contributed by atoms with Crippen LogP contribution in [0.1, 0.15) is 46.0 Å². The first-order chi connectivity index (χ1) is 11.8. The van der Waals surface area contributed by atoms with E-state index in [4.69, 9.17) is 0 Å². The van der Waals surface area contributed by atoms with Crippen LogP contribution in [0, 0.1) is 34.5 Å². The molecule has 0 amide bonds. The number of aliphatic hydroxyl groups is 2. The summed E-state index contributed by atoms with van der Waals surface area (Å²) in [6.07, 6.45) is 9.25. The molecule has 0 saturated heterocycles. The van der Waals surface area contributed by atoms with Crippen LogP contribution in [0.4, 0.5) is 0 Å². The predicted molar refractivity (Wildman–Crippen MR) is 93.6 cm³/mol. The molecule has 0 radical (unpaired) electrons. The van der Waals surface area contributed by atoms with Crippen LogP contribution in [0.25, 0.3) is 0 Å². The van der Waals surface area contributed by atoms with Gasteiger partial charge in [0.05, 0.1) is 6.10 Å². The zero-order chi connectivity index (χ0) is 18.0. The maximum absolute atomic E-state index is 12.3. The van der Waals surface area contributed by atoms with Crippen molar-refractivity contribution in [2.45, 2.75) is 52.1 Å². The van der Waals surface area contributed by atoms with Gasteiger partial charge in [0, 0.05) is 17.3 Å². The van der Waals surface area contributed by atoms with E-state index in [-0.39, 0.29) is 34.2 Å². The largest absolute Gasteiger partial charge is 0.393 e. The molecule has 25 heavy (non-hydrogen) atoms. The van der Waals surface area contributed by atoms with E-state index >= 15 is 0 Å². The minimum absolute atomic E-state index is 0.0514. The number of hydrogen-bond acceptors (Lipinski definition) is 4. The Morgan fingerprint density at radius 1 is 1.28 bits per heavy atom. The highest BCUT2D eigenvalue weighted by Crippen LogP contribution is 2.65. The van der Waals surface area contributed by atoms with E-state index in [0.717, 1.165) is 31.3 Å². The van der Waals surface area contributed by atoms with Crippen LogP contribution in [0.5, 0.6) is 0 Å². The minimum Gasteiger partial charge on any atom is -0.393 e. The summed E-state index contributed by atoms with van der Waals surface area (Å²) in [4.78, 5) is 24.1. The molecule has 0 aromatic carbocycles. The molecule has 3 fully saturated rings. The first-order valence-corrected chi connectivity index (χ1v) is 9.57. The van der Waals surface area contributed by atoms with E-state index in [1.54, 1.807) is 12.2 Å². The maximum atomic E-state index is 12.3. The molecule has 4 aliphatic carbocycles. The quantitative estimate of drug-likeness (QED) is 0.807. The number of fused-ring (bicyclic) bond motifs is 5. The third-order valence-corrected chi connectivity index (χ3v) is 8.04. The molecular formula is C21H28O4. The number of aliphatic hydroxyl groups excluding tert-OH is 2. The SMILES string of the molecule is C[C@@]12C[C@@H](O)[C@H]3[C@@H](CCC4=CC(=O)C=C[C@@]43C)[C@@H]1CC[C@@H]2C(=O)CO. The molecule has 0 heterocycles. The number of rotatable bonds is 2. The average molecular weight is 344 g/mol. The summed E-state index contributed by atoms with van der Waals surface area (Å²) in [5.74, 6) is 0.734. The number of ketones is 2. The van der Waals surface area contributed by atoms with E-state index in [1.807, 2.05) is 6.08 Å². The molecule has 0 aromatic heterocycles. The summed E-state index contributed by atoms with van der Waals surface area (Å²) in [6, 6.07) is 0. The molecule has 0 unspecified atom stereocenters. The van der Waals surface area contributed by atoms with Gasteiger partial charge in [-0.15, -0.1) is 0 Å². The maximum Gasteiger partial charge on any atom is 0.178 e.